The molecule has 1 aliphatic rings. The number of carbonyl (C=O) groups is 2. The first-order valence-corrected chi connectivity index (χ1v) is 11.4. The Hall–Kier alpha value is -3.59. The Kier molecular flexibility index (Phi) is 6.70. The zero-order chi connectivity index (χ0) is 26.3. The van der Waals surface area contributed by atoms with Gasteiger partial charge in [0, 0.05) is 12.1 Å². The van der Waals surface area contributed by atoms with Gasteiger partial charge in [-0.3, -0.25) is 9.59 Å². The molecule has 3 aromatic carbocycles. The Bertz CT molecular complexity index is 1290. The Labute approximate surface area is 206 Å². The largest absolute Gasteiger partial charge is 0.573 e. The first kappa shape index (κ1) is 25.5. The van der Waals surface area contributed by atoms with Crippen LogP contribution in [0.3, 0.4) is 0 Å². The van der Waals surface area contributed by atoms with Crippen LogP contribution in [0.2, 0.25) is 0 Å². The maximum absolute atomic E-state index is 13.6. The van der Waals surface area contributed by atoms with Gasteiger partial charge in [0.15, 0.2) is 0 Å². The van der Waals surface area contributed by atoms with Crippen LogP contribution in [0.1, 0.15) is 44.4 Å². The van der Waals surface area contributed by atoms with Gasteiger partial charge >= 0.3 is 12.3 Å². The summed E-state index contributed by atoms with van der Waals surface area (Å²) in [6.45, 7) is 5.91. The van der Waals surface area contributed by atoms with Gasteiger partial charge in [-0.05, 0) is 39.9 Å². The predicted molar refractivity (Wildman–Crippen MR) is 128 cm³/mol. The topological polar surface area (TPSA) is 76.1 Å². The Morgan fingerprint density at radius 3 is 2.39 bits per heavy atom. The van der Waals surface area contributed by atoms with Gasteiger partial charge in [0.25, 0.3) is 5.91 Å². The molecule has 0 saturated carbocycles. The summed E-state index contributed by atoms with van der Waals surface area (Å²) in [6.07, 6.45) is -7.89. The highest BCUT2D eigenvalue weighted by Gasteiger charge is 2.40. The molecule has 0 radical (unpaired) electrons. The van der Waals surface area contributed by atoms with Crippen molar-refractivity contribution < 1.29 is 37.3 Å². The van der Waals surface area contributed by atoms with Gasteiger partial charge in [-0.15, -0.1) is 13.2 Å². The molecule has 9 heteroatoms. The molecule has 0 spiro atoms. The molecule has 0 aromatic heterocycles. The minimum atomic E-state index is -4.92. The van der Waals surface area contributed by atoms with Crippen LogP contribution < -0.4 is 9.64 Å². The van der Waals surface area contributed by atoms with E-state index >= 15 is 0 Å². The number of carbonyl (C=O) groups excluding carboxylic acids is 1. The number of alkyl halides is 3. The van der Waals surface area contributed by atoms with E-state index in [2.05, 4.69) is 4.74 Å². The number of carboxylic acids is 1. The molecule has 190 valence electrons. The van der Waals surface area contributed by atoms with Crippen LogP contribution >= 0.6 is 0 Å². The number of hydrogen-bond donors (Lipinski definition) is 1. The smallest absolute Gasteiger partial charge is 0.481 e. The molecule has 3 aromatic rings. The summed E-state index contributed by atoms with van der Waals surface area (Å²) in [6, 6.07) is 16.6. The number of carboxylic acid groups (broad SMARTS) is 1. The summed E-state index contributed by atoms with van der Waals surface area (Å²) >= 11 is 0. The zero-order valence-electron chi connectivity index (χ0n) is 20.0. The van der Waals surface area contributed by atoms with E-state index < -0.39 is 48.0 Å². The fourth-order valence-electron chi connectivity index (χ4n) is 4.43. The summed E-state index contributed by atoms with van der Waals surface area (Å²) in [7, 11) is 0. The highest BCUT2D eigenvalue weighted by molar-refractivity contribution is 6.00. The molecule has 0 saturated heterocycles. The van der Waals surface area contributed by atoms with Crippen molar-refractivity contribution in [2.45, 2.75) is 45.8 Å². The van der Waals surface area contributed by atoms with E-state index in [1.54, 1.807) is 12.1 Å². The standard InChI is InChI=1S/C27H26F3NO5/c1-26(2,3)15-31-21-12-11-17(36-27(28,29)30)13-20(21)24(35-22(25(31)34)14-23(32)33)19-10-6-8-16-7-4-5-9-18(16)19/h4-13,22,24H,14-15H2,1-3H3,(H,32,33)/t22-,24-/m0/s1. The highest BCUT2D eigenvalue weighted by atomic mass is 19.4. The molecule has 0 aliphatic carbocycles. The lowest BCUT2D eigenvalue weighted by atomic mass is 9.92. The Morgan fingerprint density at radius 2 is 1.72 bits per heavy atom. The summed E-state index contributed by atoms with van der Waals surface area (Å²) in [5.74, 6) is -2.26. The number of nitrogens with zero attached hydrogens (tertiary/aromatic N) is 1. The molecule has 36 heavy (non-hydrogen) atoms. The third-order valence-corrected chi connectivity index (χ3v) is 5.75. The Balaban J connectivity index is 1.97. The number of fused-ring (bicyclic) bond motifs is 2. The van der Waals surface area contributed by atoms with E-state index in [1.807, 2.05) is 51.1 Å². The first-order valence-electron chi connectivity index (χ1n) is 11.4. The van der Waals surface area contributed by atoms with Crippen molar-refractivity contribution in [3.8, 4) is 5.75 Å². The van der Waals surface area contributed by atoms with E-state index in [0.717, 1.165) is 16.8 Å². The number of hydrogen-bond acceptors (Lipinski definition) is 4. The molecule has 1 aliphatic heterocycles. The molecule has 6 nitrogen and oxygen atoms in total. The average molecular weight is 502 g/mol. The van der Waals surface area contributed by atoms with Gasteiger partial charge in [-0.1, -0.05) is 63.2 Å². The number of halogens is 3. The van der Waals surface area contributed by atoms with Crippen LogP contribution in [-0.4, -0.2) is 36.0 Å². The predicted octanol–water partition coefficient (Wildman–Crippen LogP) is 6.08. The van der Waals surface area contributed by atoms with E-state index in [4.69, 9.17) is 4.74 Å². The number of rotatable bonds is 5. The van der Waals surface area contributed by atoms with Crippen molar-refractivity contribution in [2.75, 3.05) is 11.4 Å². The molecule has 2 atom stereocenters. The van der Waals surface area contributed by atoms with Crippen LogP contribution in [-0.2, 0) is 14.3 Å². The second kappa shape index (κ2) is 9.46. The number of ether oxygens (including phenoxy) is 2. The highest BCUT2D eigenvalue weighted by Crippen LogP contribution is 2.43. The molecule has 0 fully saturated rings. The van der Waals surface area contributed by atoms with Crippen LogP contribution in [0.5, 0.6) is 5.75 Å². The lowest BCUT2D eigenvalue weighted by Gasteiger charge is -2.31. The third-order valence-electron chi connectivity index (χ3n) is 5.75. The first-order chi connectivity index (χ1) is 16.8. The zero-order valence-corrected chi connectivity index (χ0v) is 20.0. The lowest BCUT2D eigenvalue weighted by molar-refractivity contribution is -0.274. The van der Waals surface area contributed by atoms with Crippen LogP contribution in [0.25, 0.3) is 10.8 Å². The molecule has 1 heterocycles. The van der Waals surface area contributed by atoms with Crippen molar-refractivity contribution in [1.29, 1.82) is 0 Å². The molecule has 1 amide bonds. The van der Waals surface area contributed by atoms with Crippen molar-refractivity contribution in [3.63, 3.8) is 0 Å². The quantitative estimate of drug-likeness (QED) is 0.459. The molecule has 0 bridgehead atoms. The van der Waals surface area contributed by atoms with E-state index in [9.17, 15) is 27.9 Å². The lowest BCUT2D eigenvalue weighted by Crippen LogP contribution is -2.44. The molecule has 4 rings (SSSR count). The van der Waals surface area contributed by atoms with Crippen molar-refractivity contribution >= 4 is 28.3 Å². The minimum absolute atomic E-state index is 0.194. The van der Waals surface area contributed by atoms with E-state index in [-0.39, 0.29) is 12.1 Å². The monoisotopic (exact) mass is 501 g/mol. The molecular weight excluding hydrogens is 475 g/mol. The van der Waals surface area contributed by atoms with Gasteiger partial charge in [-0.2, -0.15) is 0 Å². The summed E-state index contributed by atoms with van der Waals surface area (Å²) < 4.78 is 49.6. The summed E-state index contributed by atoms with van der Waals surface area (Å²) in [5, 5.41) is 11.1. The Morgan fingerprint density at radius 1 is 1.03 bits per heavy atom. The summed E-state index contributed by atoms with van der Waals surface area (Å²) in [4.78, 5) is 26.7. The number of anilines is 1. The molecular formula is C27H26F3NO5. The van der Waals surface area contributed by atoms with Gasteiger partial charge in [0.2, 0.25) is 0 Å². The number of aliphatic carboxylic acids is 1. The van der Waals surface area contributed by atoms with Crippen molar-refractivity contribution in [1.82, 2.24) is 0 Å². The van der Waals surface area contributed by atoms with Crippen LogP contribution in [0.4, 0.5) is 18.9 Å². The average Bonchev–Trinajstić information content (AvgIpc) is 2.87. The second-order valence-corrected chi connectivity index (χ2v) is 9.92. The maximum Gasteiger partial charge on any atom is 0.573 e. The van der Waals surface area contributed by atoms with Crippen molar-refractivity contribution in [2.24, 2.45) is 5.41 Å². The molecule has 1 N–H and O–H groups in total. The maximum atomic E-state index is 13.6. The number of amides is 1. The van der Waals surface area contributed by atoms with Crippen LogP contribution in [0.15, 0.2) is 60.7 Å². The normalized spacial score (nSPS) is 18.6. The van der Waals surface area contributed by atoms with Crippen LogP contribution in [0, 0.1) is 5.41 Å². The van der Waals surface area contributed by atoms with Gasteiger partial charge in [0.1, 0.15) is 18.0 Å². The fourth-order valence-corrected chi connectivity index (χ4v) is 4.43. The van der Waals surface area contributed by atoms with E-state index in [1.165, 1.54) is 17.0 Å². The van der Waals surface area contributed by atoms with E-state index in [0.29, 0.717) is 11.3 Å². The molecule has 0 unspecified atom stereocenters. The number of benzene rings is 3. The van der Waals surface area contributed by atoms with Crippen molar-refractivity contribution in [3.05, 3.63) is 71.8 Å². The van der Waals surface area contributed by atoms with Gasteiger partial charge < -0.3 is 19.5 Å². The minimum Gasteiger partial charge on any atom is -0.481 e. The third kappa shape index (κ3) is 5.62. The second-order valence-electron chi connectivity index (χ2n) is 9.92. The SMILES string of the molecule is CC(C)(C)CN1C(=O)[C@H](CC(=O)O)O[C@@H](c2cccc3ccccc23)c2cc(OC(F)(F)F)ccc21. The fraction of sp³-hybridized carbons (Fsp3) is 0.333. The van der Waals surface area contributed by atoms with Gasteiger partial charge in [0.05, 0.1) is 12.1 Å². The summed E-state index contributed by atoms with van der Waals surface area (Å²) in [5.41, 5.74) is 0.814. The van der Waals surface area contributed by atoms with Gasteiger partial charge in [-0.25, -0.2) is 0 Å².